The molecular formula is C20H14N4O3S2. The number of carbonyl (C=O) groups excluding carboxylic acids is 1. The lowest BCUT2D eigenvalue weighted by Gasteiger charge is -2.06. The lowest BCUT2D eigenvalue weighted by molar-refractivity contribution is -0.387. The van der Waals surface area contributed by atoms with Gasteiger partial charge in [0.15, 0.2) is 0 Å². The van der Waals surface area contributed by atoms with Crippen molar-refractivity contribution in [2.75, 3.05) is 11.6 Å². The minimum absolute atomic E-state index is 0.0932. The molecule has 29 heavy (non-hydrogen) atoms. The van der Waals surface area contributed by atoms with E-state index in [-0.39, 0.29) is 11.3 Å². The molecule has 0 bridgehead atoms. The monoisotopic (exact) mass is 422 g/mol. The van der Waals surface area contributed by atoms with Gasteiger partial charge in [0.2, 0.25) is 0 Å². The number of thioether (sulfide) groups is 1. The molecule has 0 saturated carbocycles. The highest BCUT2D eigenvalue weighted by Crippen LogP contribution is 2.30. The highest BCUT2D eigenvalue weighted by Gasteiger charge is 2.17. The molecule has 0 aliphatic rings. The average Bonchev–Trinajstić information content (AvgIpc) is 3.18. The van der Waals surface area contributed by atoms with Crippen molar-refractivity contribution in [1.82, 2.24) is 9.97 Å². The summed E-state index contributed by atoms with van der Waals surface area (Å²) in [6.07, 6.45) is 3.39. The Morgan fingerprint density at radius 1 is 1.17 bits per heavy atom. The molecule has 0 spiro atoms. The number of benzene rings is 2. The Labute approximate surface area is 174 Å². The zero-order chi connectivity index (χ0) is 20.4. The van der Waals surface area contributed by atoms with Gasteiger partial charge in [-0.2, -0.15) is 0 Å². The molecule has 4 rings (SSSR count). The van der Waals surface area contributed by atoms with E-state index in [2.05, 4.69) is 15.3 Å². The van der Waals surface area contributed by atoms with Crippen molar-refractivity contribution in [3.8, 4) is 10.6 Å². The standard InChI is InChI=1S/C20H14N4O3S2/c1-28-17-8-6-12(10-15(17)24(26)27)19(25)23-18-9-7-13(11-21-18)20-22-14-4-2-3-5-16(14)29-20/h2-11H,1H3,(H,21,23,25). The van der Waals surface area contributed by atoms with Gasteiger partial charge in [0.25, 0.3) is 11.6 Å². The number of amides is 1. The SMILES string of the molecule is CSc1ccc(C(=O)Nc2ccc(-c3nc4ccccc4s3)cn2)cc1[N+](=O)[O-]. The molecule has 2 heterocycles. The van der Waals surface area contributed by atoms with Crippen LogP contribution in [0.1, 0.15) is 10.4 Å². The van der Waals surface area contributed by atoms with Gasteiger partial charge < -0.3 is 5.32 Å². The first-order valence-electron chi connectivity index (χ1n) is 8.51. The number of pyridine rings is 1. The van der Waals surface area contributed by atoms with Crippen LogP contribution in [0.25, 0.3) is 20.8 Å². The maximum absolute atomic E-state index is 12.5. The van der Waals surface area contributed by atoms with Crippen molar-refractivity contribution < 1.29 is 9.72 Å². The molecule has 0 fully saturated rings. The fourth-order valence-corrected chi connectivity index (χ4v) is 4.25. The minimum Gasteiger partial charge on any atom is -0.307 e. The number of rotatable bonds is 5. The van der Waals surface area contributed by atoms with Crippen molar-refractivity contribution in [3.63, 3.8) is 0 Å². The van der Waals surface area contributed by atoms with Gasteiger partial charge >= 0.3 is 0 Å². The molecule has 7 nitrogen and oxygen atoms in total. The number of nitro groups is 1. The molecule has 0 atom stereocenters. The fourth-order valence-electron chi connectivity index (χ4n) is 2.75. The maximum Gasteiger partial charge on any atom is 0.283 e. The van der Waals surface area contributed by atoms with Crippen LogP contribution >= 0.6 is 23.1 Å². The summed E-state index contributed by atoms with van der Waals surface area (Å²) in [6, 6.07) is 15.8. The van der Waals surface area contributed by atoms with E-state index in [1.165, 1.54) is 17.8 Å². The lowest BCUT2D eigenvalue weighted by Crippen LogP contribution is -2.13. The topological polar surface area (TPSA) is 98.0 Å². The third kappa shape index (κ3) is 3.96. The minimum atomic E-state index is -0.492. The number of nitrogens with one attached hydrogen (secondary N) is 1. The third-order valence-corrected chi connectivity index (χ3v) is 6.05. The Bertz CT molecular complexity index is 1190. The second kappa shape index (κ2) is 7.98. The number of nitrogens with zero attached hydrogens (tertiary/aromatic N) is 3. The van der Waals surface area contributed by atoms with Crippen molar-refractivity contribution in [2.45, 2.75) is 4.90 Å². The van der Waals surface area contributed by atoms with Crippen LogP contribution in [0, 0.1) is 10.1 Å². The van der Waals surface area contributed by atoms with Crippen LogP contribution in [0.4, 0.5) is 11.5 Å². The van der Waals surface area contributed by atoms with E-state index >= 15 is 0 Å². The van der Waals surface area contributed by atoms with Crippen LogP contribution in [-0.2, 0) is 0 Å². The Balaban J connectivity index is 1.53. The van der Waals surface area contributed by atoms with E-state index in [4.69, 9.17) is 0 Å². The predicted molar refractivity (Wildman–Crippen MR) is 116 cm³/mol. The molecule has 144 valence electrons. The summed E-state index contributed by atoms with van der Waals surface area (Å²) in [7, 11) is 0. The van der Waals surface area contributed by atoms with Crippen molar-refractivity contribution in [3.05, 3.63) is 76.5 Å². The van der Waals surface area contributed by atoms with E-state index in [1.54, 1.807) is 42.0 Å². The number of anilines is 1. The van der Waals surface area contributed by atoms with Gasteiger partial charge in [0.05, 0.1) is 20.0 Å². The van der Waals surface area contributed by atoms with Gasteiger partial charge in [-0.15, -0.1) is 23.1 Å². The van der Waals surface area contributed by atoms with Gasteiger partial charge in [-0.25, -0.2) is 9.97 Å². The molecular weight excluding hydrogens is 408 g/mol. The largest absolute Gasteiger partial charge is 0.307 e. The zero-order valence-electron chi connectivity index (χ0n) is 15.2. The van der Waals surface area contributed by atoms with Crippen LogP contribution in [-0.4, -0.2) is 27.1 Å². The normalized spacial score (nSPS) is 10.8. The quantitative estimate of drug-likeness (QED) is 0.268. The molecule has 1 amide bonds. The number of para-hydroxylation sites is 1. The first kappa shape index (κ1) is 19.0. The number of hydrogen-bond acceptors (Lipinski definition) is 7. The van der Waals surface area contributed by atoms with Gasteiger partial charge in [0.1, 0.15) is 10.8 Å². The van der Waals surface area contributed by atoms with Gasteiger partial charge in [-0.05, 0) is 42.7 Å². The van der Waals surface area contributed by atoms with Gasteiger partial charge in [-0.3, -0.25) is 14.9 Å². The number of aromatic nitrogens is 2. The number of hydrogen-bond donors (Lipinski definition) is 1. The van der Waals surface area contributed by atoms with Gasteiger partial charge in [-0.1, -0.05) is 12.1 Å². The summed E-state index contributed by atoms with van der Waals surface area (Å²) in [5.41, 5.74) is 1.89. The average molecular weight is 422 g/mol. The predicted octanol–water partition coefficient (Wildman–Crippen LogP) is 5.24. The summed E-state index contributed by atoms with van der Waals surface area (Å²) in [5.74, 6) is -0.0996. The summed E-state index contributed by atoms with van der Waals surface area (Å²) >= 11 is 2.83. The number of thiazole rings is 1. The van der Waals surface area contributed by atoms with Crippen LogP contribution in [0.3, 0.4) is 0 Å². The molecule has 2 aromatic heterocycles. The molecule has 0 saturated heterocycles. The number of fused-ring (bicyclic) bond motifs is 1. The molecule has 1 N–H and O–H groups in total. The van der Waals surface area contributed by atoms with E-state index in [1.807, 2.05) is 30.3 Å². The van der Waals surface area contributed by atoms with E-state index in [0.717, 1.165) is 20.8 Å². The molecule has 2 aromatic carbocycles. The molecule has 0 radical (unpaired) electrons. The van der Waals surface area contributed by atoms with Crippen LogP contribution in [0.15, 0.2) is 65.7 Å². The first-order chi connectivity index (χ1) is 14.0. The Morgan fingerprint density at radius 3 is 2.69 bits per heavy atom. The molecule has 0 unspecified atom stereocenters. The molecule has 4 aromatic rings. The summed E-state index contributed by atoms with van der Waals surface area (Å²) < 4.78 is 1.09. The maximum atomic E-state index is 12.5. The van der Waals surface area contributed by atoms with Crippen molar-refractivity contribution in [2.24, 2.45) is 0 Å². The second-order valence-corrected chi connectivity index (χ2v) is 7.90. The smallest absolute Gasteiger partial charge is 0.283 e. The van der Waals surface area contributed by atoms with Crippen LogP contribution in [0.5, 0.6) is 0 Å². The zero-order valence-corrected chi connectivity index (χ0v) is 16.8. The van der Waals surface area contributed by atoms with E-state index in [0.29, 0.717) is 10.7 Å². The summed E-state index contributed by atoms with van der Waals surface area (Å²) in [6.45, 7) is 0. The number of nitro benzene ring substituents is 1. The molecule has 9 heteroatoms. The fraction of sp³-hybridized carbons (Fsp3) is 0.0500. The highest BCUT2D eigenvalue weighted by atomic mass is 32.2. The van der Waals surface area contributed by atoms with Crippen molar-refractivity contribution in [1.29, 1.82) is 0 Å². The lowest BCUT2D eigenvalue weighted by atomic mass is 10.2. The Morgan fingerprint density at radius 2 is 2.00 bits per heavy atom. The van der Waals surface area contributed by atoms with Crippen LogP contribution < -0.4 is 5.32 Å². The molecule has 0 aliphatic carbocycles. The highest BCUT2D eigenvalue weighted by molar-refractivity contribution is 7.98. The second-order valence-electron chi connectivity index (χ2n) is 6.02. The van der Waals surface area contributed by atoms with Crippen LogP contribution in [0.2, 0.25) is 0 Å². The van der Waals surface area contributed by atoms with Crippen molar-refractivity contribution >= 4 is 50.7 Å². The third-order valence-electron chi connectivity index (χ3n) is 4.18. The Kier molecular flexibility index (Phi) is 5.24. The van der Waals surface area contributed by atoms with Gasteiger partial charge in [0, 0.05) is 23.4 Å². The van der Waals surface area contributed by atoms with E-state index < -0.39 is 10.8 Å². The Hall–Kier alpha value is -3.30. The first-order valence-corrected chi connectivity index (χ1v) is 10.5. The van der Waals surface area contributed by atoms with E-state index in [9.17, 15) is 14.9 Å². The number of carbonyl (C=O) groups is 1. The summed E-state index contributed by atoms with van der Waals surface area (Å²) in [5, 5.41) is 14.7. The summed E-state index contributed by atoms with van der Waals surface area (Å²) in [4.78, 5) is 32.5. The molecule has 0 aliphatic heterocycles.